The molecule has 0 aliphatic carbocycles. The largest absolute Gasteiger partial charge is 0.481 e. The first-order chi connectivity index (χ1) is 20.6. The van der Waals surface area contributed by atoms with E-state index in [9.17, 15) is 25.2 Å². The van der Waals surface area contributed by atoms with Gasteiger partial charge in [-0.25, -0.2) is 4.98 Å². The van der Waals surface area contributed by atoms with Crippen LogP contribution in [-0.2, 0) is 22.4 Å². The molecule has 4 heterocycles. The Morgan fingerprint density at radius 3 is 1.75 bits per heavy atom. The molecule has 0 amide bonds. The molecule has 3 aromatic rings. The van der Waals surface area contributed by atoms with Crippen LogP contribution < -0.4 is 5.36 Å². The van der Waals surface area contributed by atoms with E-state index in [1.807, 2.05) is 40.7 Å². The fourth-order valence-corrected chi connectivity index (χ4v) is 8.27. The molecule has 44 heavy (non-hydrogen) atoms. The van der Waals surface area contributed by atoms with Gasteiger partial charge in [-0.05, 0) is 169 Å². The standard InChI is InChI=1S/C32H32Br4N4O4/c1-12-11-20(33)27-13(2)14(3)28(38-27)24(35)29-15(4)16(5)30(39-29)25(36)31-17(6)19(8-10-22(43)44)32(40-31)23(34)26(37)18(12)7-9-21(41)42/h11,37,39-40H,7-10H2,1-6H3,(H,41,42)(H,43,44). The van der Waals surface area contributed by atoms with Gasteiger partial charge in [-0.1, -0.05) is 0 Å². The number of hydrogen-bond donors (Lipinski definition) is 5. The Hall–Kier alpha value is -2.54. The first kappa shape index (κ1) is 34.3. The van der Waals surface area contributed by atoms with Crippen molar-refractivity contribution in [3.63, 3.8) is 0 Å². The van der Waals surface area contributed by atoms with E-state index in [1.54, 1.807) is 0 Å². The molecule has 0 fully saturated rings. The first-order valence-corrected chi connectivity index (χ1v) is 17.0. The minimum Gasteiger partial charge on any atom is -0.481 e. The summed E-state index contributed by atoms with van der Waals surface area (Å²) in [4.78, 5) is 35.3. The van der Waals surface area contributed by atoms with E-state index in [0.717, 1.165) is 70.3 Å². The molecule has 0 spiro atoms. The molecule has 6 bridgehead atoms. The van der Waals surface area contributed by atoms with Crippen LogP contribution in [-0.4, -0.2) is 37.1 Å². The van der Waals surface area contributed by atoms with E-state index < -0.39 is 11.9 Å². The zero-order chi connectivity index (χ0) is 32.8. The number of fused-ring (bicyclic) bond motifs is 6. The fraction of sp³-hybridized carbons (Fsp3) is 0.312. The molecular weight excluding hydrogens is 824 g/mol. The maximum atomic E-state index is 11.6. The maximum Gasteiger partial charge on any atom is 0.303 e. The van der Waals surface area contributed by atoms with E-state index in [4.69, 9.17) is 4.98 Å². The van der Waals surface area contributed by atoms with Crippen LogP contribution in [0.4, 0.5) is 0 Å². The van der Waals surface area contributed by atoms with Gasteiger partial charge in [0.1, 0.15) is 0 Å². The van der Waals surface area contributed by atoms with Crippen molar-refractivity contribution in [3.05, 3.63) is 74.1 Å². The number of hydrogen-bond acceptors (Lipinski definition) is 4. The number of aromatic nitrogens is 3. The van der Waals surface area contributed by atoms with Crippen LogP contribution in [0, 0.1) is 33.1 Å². The first-order valence-electron chi connectivity index (χ1n) is 13.8. The summed E-state index contributed by atoms with van der Waals surface area (Å²) in [5.74, 6) is -1.89. The lowest BCUT2D eigenvalue weighted by Crippen LogP contribution is -2.12. The SMILES string of the molecule is CC1=C(C)c2nc1c(Br)cc(C)c(CCC(=O)O)c(=N)c(Br)c1[nH]c(c(C)c1CCC(=O)O)c(Br)c1[nH]c(c(C)c1C)c2Br. The summed E-state index contributed by atoms with van der Waals surface area (Å²) in [6.45, 7) is 11.9. The highest BCUT2D eigenvalue weighted by Crippen LogP contribution is 2.40. The molecule has 0 radical (unpaired) electrons. The molecule has 1 aliphatic heterocycles. The minimum atomic E-state index is -0.968. The Labute approximate surface area is 288 Å². The van der Waals surface area contributed by atoms with E-state index in [-0.39, 0.29) is 31.0 Å². The van der Waals surface area contributed by atoms with Crippen LogP contribution in [0.3, 0.4) is 0 Å². The predicted octanol–water partition coefficient (Wildman–Crippen LogP) is 9.35. The maximum absolute atomic E-state index is 11.6. The quantitative estimate of drug-likeness (QED) is 0.168. The van der Waals surface area contributed by atoms with E-state index in [0.29, 0.717) is 25.6 Å². The van der Waals surface area contributed by atoms with Gasteiger partial charge in [0.15, 0.2) is 0 Å². The van der Waals surface area contributed by atoms with E-state index in [1.165, 1.54) is 0 Å². The lowest BCUT2D eigenvalue weighted by atomic mass is 10.0. The third-order valence-electron chi connectivity index (χ3n) is 8.27. The van der Waals surface area contributed by atoms with Gasteiger partial charge in [0.25, 0.3) is 0 Å². The molecule has 8 nitrogen and oxygen atoms in total. The normalized spacial score (nSPS) is 12.1. The highest BCUT2D eigenvalue weighted by molar-refractivity contribution is 9.11. The summed E-state index contributed by atoms with van der Waals surface area (Å²) < 4.78 is 2.70. The van der Waals surface area contributed by atoms with Crippen molar-refractivity contribution < 1.29 is 19.8 Å². The molecule has 232 valence electrons. The summed E-state index contributed by atoms with van der Waals surface area (Å²) in [6, 6.07) is 1.87. The third kappa shape index (κ3) is 6.41. The average Bonchev–Trinajstić information content (AvgIpc) is 3.56. The Morgan fingerprint density at radius 1 is 0.705 bits per heavy atom. The molecule has 0 atom stereocenters. The van der Waals surface area contributed by atoms with Crippen molar-refractivity contribution in [2.75, 3.05) is 0 Å². The number of H-pyrrole nitrogens is 2. The van der Waals surface area contributed by atoms with Crippen molar-refractivity contribution in [1.29, 1.82) is 5.41 Å². The molecule has 0 saturated carbocycles. The van der Waals surface area contributed by atoms with Gasteiger partial charge in [-0.15, -0.1) is 0 Å². The topological polar surface area (TPSA) is 143 Å². The monoisotopic (exact) mass is 852 g/mol. The Balaban J connectivity index is 2.35. The highest BCUT2D eigenvalue weighted by Gasteiger charge is 2.21. The van der Waals surface area contributed by atoms with Crippen molar-refractivity contribution in [2.45, 2.75) is 67.2 Å². The van der Waals surface area contributed by atoms with Crippen LogP contribution in [0.25, 0.3) is 33.2 Å². The highest BCUT2D eigenvalue weighted by atomic mass is 79.9. The lowest BCUT2D eigenvalue weighted by molar-refractivity contribution is -0.138. The van der Waals surface area contributed by atoms with E-state index >= 15 is 0 Å². The van der Waals surface area contributed by atoms with Gasteiger partial charge in [0.2, 0.25) is 0 Å². The smallest absolute Gasteiger partial charge is 0.303 e. The van der Waals surface area contributed by atoms with Crippen molar-refractivity contribution in [2.24, 2.45) is 0 Å². The van der Waals surface area contributed by atoms with Crippen LogP contribution in [0.15, 0.2) is 24.0 Å². The number of nitrogens with one attached hydrogen (secondary N) is 3. The summed E-state index contributed by atoms with van der Waals surface area (Å²) in [5.41, 5.74) is 11.6. The number of carboxylic acid groups (broad SMARTS) is 2. The molecule has 1 aliphatic rings. The number of rotatable bonds is 6. The Bertz CT molecular complexity index is 2010. The number of aliphatic carboxylic acids is 2. The minimum absolute atomic E-state index is 0.0914. The number of aromatic amines is 2. The second-order valence-electron chi connectivity index (χ2n) is 10.9. The second kappa shape index (κ2) is 13.4. The molecule has 0 aromatic carbocycles. The molecule has 4 rings (SSSR count). The molecule has 3 aromatic heterocycles. The van der Waals surface area contributed by atoms with Crippen molar-refractivity contribution in [1.82, 2.24) is 15.0 Å². The van der Waals surface area contributed by atoms with Crippen LogP contribution in [0.1, 0.15) is 71.5 Å². The van der Waals surface area contributed by atoms with Crippen LogP contribution >= 0.6 is 63.7 Å². The number of carboxylic acids is 2. The Morgan fingerprint density at radius 2 is 1.18 bits per heavy atom. The number of nitrogens with zero attached hydrogens (tertiary/aromatic N) is 1. The lowest BCUT2D eigenvalue weighted by Gasteiger charge is -2.05. The second-order valence-corrected chi connectivity index (χ2v) is 14.2. The van der Waals surface area contributed by atoms with Crippen molar-refractivity contribution in [3.8, 4) is 0 Å². The zero-order valence-electron chi connectivity index (χ0n) is 25.1. The predicted molar refractivity (Wildman–Crippen MR) is 189 cm³/mol. The number of allylic oxidation sites excluding steroid dienone is 2. The van der Waals surface area contributed by atoms with E-state index in [2.05, 4.69) is 80.6 Å². The van der Waals surface area contributed by atoms with Gasteiger partial charge >= 0.3 is 11.9 Å². The summed E-state index contributed by atoms with van der Waals surface area (Å²) in [7, 11) is 0. The molecule has 5 N–H and O–H groups in total. The van der Waals surface area contributed by atoms with Gasteiger partial charge in [0.05, 0.1) is 52.2 Å². The zero-order valence-corrected chi connectivity index (χ0v) is 31.4. The molecule has 0 saturated heterocycles. The molecule has 0 unspecified atom stereocenters. The summed E-state index contributed by atoms with van der Waals surface area (Å²) in [5, 5.41) is 28.4. The fourth-order valence-electron chi connectivity index (χ4n) is 5.39. The third-order valence-corrected chi connectivity index (χ3v) is 11.2. The van der Waals surface area contributed by atoms with Gasteiger partial charge < -0.3 is 20.2 Å². The summed E-state index contributed by atoms with van der Waals surface area (Å²) in [6.07, 6.45) is 0.113. The molecular formula is C32H32Br4N4O4. The van der Waals surface area contributed by atoms with Gasteiger partial charge in [0, 0.05) is 17.3 Å². The number of aryl methyl sites for hydroxylation is 5. The molecule has 12 heteroatoms. The Kier molecular flexibility index (Phi) is 10.5. The summed E-state index contributed by atoms with van der Waals surface area (Å²) >= 11 is 15.1. The van der Waals surface area contributed by atoms with Crippen molar-refractivity contribution >= 4 is 109 Å². The van der Waals surface area contributed by atoms with Gasteiger partial charge in [-0.3, -0.25) is 15.0 Å². The van der Waals surface area contributed by atoms with Crippen LogP contribution in [0.5, 0.6) is 0 Å². The van der Waals surface area contributed by atoms with Gasteiger partial charge in [-0.2, -0.15) is 0 Å². The number of halogens is 4. The average molecular weight is 856 g/mol. The van der Waals surface area contributed by atoms with Crippen LogP contribution in [0.2, 0.25) is 0 Å². The number of carbonyl (C=O) groups is 2.